The first kappa shape index (κ1) is 8.36. The molecule has 0 spiro atoms. The van der Waals surface area contributed by atoms with E-state index in [1.165, 1.54) is 33.2 Å². The van der Waals surface area contributed by atoms with Crippen molar-refractivity contribution in [2.24, 2.45) is 0 Å². The van der Waals surface area contributed by atoms with Crippen molar-refractivity contribution in [3.8, 4) is 0 Å². The van der Waals surface area contributed by atoms with Gasteiger partial charge in [-0.2, -0.15) is 0 Å². The first-order chi connectivity index (χ1) is 6.13. The van der Waals surface area contributed by atoms with E-state index < -0.39 is 0 Å². The minimum atomic E-state index is 1.29. The Balaban J connectivity index is 3.02. The highest BCUT2D eigenvalue weighted by Gasteiger charge is 2.08. The number of rotatable bonds is 0. The van der Waals surface area contributed by atoms with Crippen LogP contribution in [0.5, 0.6) is 0 Å². The molecule has 0 aliphatic heterocycles. The Labute approximate surface area is 78.8 Å². The van der Waals surface area contributed by atoms with Crippen LogP contribution in [-0.4, -0.2) is 4.98 Å². The van der Waals surface area contributed by atoms with E-state index in [1.54, 1.807) is 0 Å². The van der Waals surface area contributed by atoms with Crippen molar-refractivity contribution in [1.29, 1.82) is 0 Å². The van der Waals surface area contributed by atoms with Crippen LogP contribution in [0, 0.1) is 27.7 Å². The summed E-state index contributed by atoms with van der Waals surface area (Å²) in [6, 6.07) is 2.16. The molecule has 1 nitrogen and oxygen atoms in total. The van der Waals surface area contributed by atoms with E-state index >= 15 is 0 Å². The van der Waals surface area contributed by atoms with Crippen molar-refractivity contribution >= 4 is 10.9 Å². The number of fused-ring (bicyclic) bond motifs is 1. The first-order valence-corrected chi connectivity index (χ1v) is 4.66. The molecule has 0 atom stereocenters. The fourth-order valence-corrected chi connectivity index (χ4v) is 1.94. The molecule has 13 heavy (non-hydrogen) atoms. The molecule has 0 amide bonds. The van der Waals surface area contributed by atoms with E-state index in [0.717, 1.165) is 0 Å². The van der Waals surface area contributed by atoms with Gasteiger partial charge in [-0.3, -0.25) is 0 Å². The highest BCUT2D eigenvalue weighted by atomic mass is 14.7. The fourth-order valence-electron chi connectivity index (χ4n) is 1.94. The maximum atomic E-state index is 3.30. The highest BCUT2D eigenvalue weighted by Crippen LogP contribution is 2.27. The van der Waals surface area contributed by atoms with Gasteiger partial charge in [0.25, 0.3) is 0 Å². The zero-order valence-corrected chi connectivity index (χ0v) is 8.65. The number of aromatic amines is 1. The highest BCUT2D eigenvalue weighted by molar-refractivity contribution is 5.87. The van der Waals surface area contributed by atoms with E-state index in [0.29, 0.717) is 0 Å². The second kappa shape index (κ2) is 2.63. The molecule has 0 unspecified atom stereocenters. The maximum Gasteiger partial charge on any atom is 0.0489 e. The molecule has 0 radical (unpaired) electrons. The number of hydrogen-bond donors (Lipinski definition) is 1. The van der Waals surface area contributed by atoms with Crippen LogP contribution in [0.3, 0.4) is 0 Å². The summed E-state index contributed by atoms with van der Waals surface area (Å²) in [5, 5.41) is 1.36. The lowest BCUT2D eigenvalue weighted by atomic mass is 9.96. The Morgan fingerprint density at radius 2 is 1.46 bits per heavy atom. The number of nitrogens with one attached hydrogen (secondary N) is 1. The lowest BCUT2D eigenvalue weighted by molar-refractivity contribution is 1.24. The Bertz CT molecular complexity index is 421. The minimum Gasteiger partial charge on any atom is -0.361 e. The molecule has 1 aromatic heterocycles. The predicted octanol–water partition coefficient (Wildman–Crippen LogP) is 3.40. The fraction of sp³-hybridized carbons (Fsp3) is 0.333. The monoisotopic (exact) mass is 173 g/mol. The number of benzene rings is 1. The van der Waals surface area contributed by atoms with Crippen LogP contribution in [0.1, 0.15) is 22.3 Å². The van der Waals surface area contributed by atoms with Crippen molar-refractivity contribution in [2.45, 2.75) is 27.7 Å². The van der Waals surface area contributed by atoms with Crippen molar-refractivity contribution in [2.75, 3.05) is 0 Å². The van der Waals surface area contributed by atoms with Crippen molar-refractivity contribution in [3.63, 3.8) is 0 Å². The Hall–Kier alpha value is -1.24. The van der Waals surface area contributed by atoms with Gasteiger partial charge in [-0.05, 0) is 56.0 Å². The zero-order chi connectivity index (χ0) is 9.59. The normalized spacial score (nSPS) is 11.1. The van der Waals surface area contributed by atoms with E-state index in [9.17, 15) is 0 Å². The van der Waals surface area contributed by atoms with Gasteiger partial charge < -0.3 is 4.98 Å². The third-order valence-electron chi connectivity index (χ3n) is 3.21. The van der Waals surface area contributed by atoms with Gasteiger partial charge in [0.05, 0.1) is 0 Å². The number of hydrogen-bond acceptors (Lipinski definition) is 0. The molecule has 68 valence electrons. The van der Waals surface area contributed by atoms with E-state index in [-0.39, 0.29) is 0 Å². The van der Waals surface area contributed by atoms with Gasteiger partial charge in [0.2, 0.25) is 0 Å². The quantitative estimate of drug-likeness (QED) is 0.628. The molecule has 1 heterocycles. The molecule has 0 saturated carbocycles. The van der Waals surface area contributed by atoms with Crippen LogP contribution in [0.25, 0.3) is 10.9 Å². The van der Waals surface area contributed by atoms with Crippen LogP contribution >= 0.6 is 0 Å². The predicted molar refractivity (Wildman–Crippen MR) is 57.2 cm³/mol. The van der Waals surface area contributed by atoms with Crippen LogP contribution < -0.4 is 0 Å². The Morgan fingerprint density at radius 1 is 0.846 bits per heavy atom. The van der Waals surface area contributed by atoms with Crippen LogP contribution in [-0.2, 0) is 0 Å². The largest absolute Gasteiger partial charge is 0.361 e. The summed E-state index contributed by atoms with van der Waals surface area (Å²) in [6.07, 6.45) is 2.02. The summed E-state index contributed by atoms with van der Waals surface area (Å²) in [5.41, 5.74) is 6.90. The Morgan fingerprint density at radius 3 is 2.15 bits per heavy atom. The third kappa shape index (κ3) is 0.998. The van der Waals surface area contributed by atoms with Crippen LogP contribution in [0.15, 0.2) is 12.3 Å². The minimum absolute atomic E-state index is 1.29. The van der Waals surface area contributed by atoms with Gasteiger partial charge in [-0.1, -0.05) is 0 Å². The van der Waals surface area contributed by atoms with Gasteiger partial charge in [0.1, 0.15) is 0 Å². The van der Waals surface area contributed by atoms with Gasteiger partial charge in [-0.15, -0.1) is 0 Å². The summed E-state index contributed by atoms with van der Waals surface area (Å²) in [6.45, 7) is 8.76. The Kier molecular flexibility index (Phi) is 1.69. The van der Waals surface area contributed by atoms with Crippen LogP contribution in [0.4, 0.5) is 0 Å². The summed E-state index contributed by atoms with van der Waals surface area (Å²) in [5.74, 6) is 0. The molecular weight excluding hydrogens is 158 g/mol. The van der Waals surface area contributed by atoms with Gasteiger partial charge in [0, 0.05) is 17.1 Å². The smallest absolute Gasteiger partial charge is 0.0489 e. The topological polar surface area (TPSA) is 15.8 Å². The van der Waals surface area contributed by atoms with E-state index in [1.807, 2.05) is 6.20 Å². The average Bonchev–Trinajstić information content (AvgIpc) is 2.59. The molecule has 2 aromatic rings. The maximum absolute atomic E-state index is 3.30. The lowest BCUT2D eigenvalue weighted by Crippen LogP contribution is -1.92. The summed E-state index contributed by atoms with van der Waals surface area (Å²) >= 11 is 0. The molecule has 0 saturated heterocycles. The average molecular weight is 173 g/mol. The third-order valence-corrected chi connectivity index (χ3v) is 3.21. The van der Waals surface area contributed by atoms with Crippen molar-refractivity contribution in [1.82, 2.24) is 4.98 Å². The number of aryl methyl sites for hydroxylation is 2. The first-order valence-electron chi connectivity index (χ1n) is 4.66. The summed E-state index contributed by atoms with van der Waals surface area (Å²) in [4.78, 5) is 3.30. The van der Waals surface area contributed by atoms with Crippen molar-refractivity contribution < 1.29 is 0 Å². The van der Waals surface area contributed by atoms with Gasteiger partial charge in [0.15, 0.2) is 0 Å². The SMILES string of the molecule is Cc1c(C)c(C)c2[nH]ccc2c1C. The molecule has 1 aromatic carbocycles. The van der Waals surface area contributed by atoms with Gasteiger partial charge >= 0.3 is 0 Å². The lowest BCUT2D eigenvalue weighted by Gasteiger charge is -2.10. The molecule has 1 N–H and O–H groups in total. The molecule has 1 heteroatoms. The molecule has 0 aliphatic rings. The van der Waals surface area contributed by atoms with Crippen molar-refractivity contribution in [3.05, 3.63) is 34.5 Å². The van der Waals surface area contributed by atoms with Crippen LogP contribution in [0.2, 0.25) is 0 Å². The second-order valence-corrected chi connectivity index (χ2v) is 3.77. The standard InChI is InChI=1S/C12H15N/c1-7-8(2)10(4)12-11(9(7)3)5-6-13-12/h5-6,13H,1-4H3. The van der Waals surface area contributed by atoms with Gasteiger partial charge in [-0.25, -0.2) is 0 Å². The number of aromatic nitrogens is 1. The molecule has 2 rings (SSSR count). The molecular formula is C12H15N. The number of H-pyrrole nitrogens is 1. The second-order valence-electron chi connectivity index (χ2n) is 3.77. The molecule has 0 bridgehead atoms. The molecule has 0 fully saturated rings. The van der Waals surface area contributed by atoms with E-state index in [2.05, 4.69) is 38.7 Å². The zero-order valence-electron chi connectivity index (χ0n) is 8.65. The van der Waals surface area contributed by atoms with E-state index in [4.69, 9.17) is 0 Å². The summed E-state index contributed by atoms with van der Waals surface area (Å²) in [7, 11) is 0. The summed E-state index contributed by atoms with van der Waals surface area (Å²) < 4.78 is 0. The molecule has 0 aliphatic carbocycles.